The molecule has 0 amide bonds. The van der Waals surface area contributed by atoms with Gasteiger partial charge in [0.25, 0.3) is 5.56 Å². The molecule has 0 aliphatic carbocycles. The smallest absolute Gasteiger partial charge is 0.258 e. The van der Waals surface area contributed by atoms with Gasteiger partial charge in [0, 0.05) is 19.2 Å². The van der Waals surface area contributed by atoms with Crippen LogP contribution in [0.25, 0.3) is 22.0 Å². The summed E-state index contributed by atoms with van der Waals surface area (Å²) in [5.41, 5.74) is 3.25. The van der Waals surface area contributed by atoms with Crippen LogP contribution in [-0.2, 0) is 20.1 Å². The van der Waals surface area contributed by atoms with E-state index in [4.69, 9.17) is 18.9 Å². The maximum Gasteiger partial charge on any atom is 0.258 e. The Hall–Kier alpha value is -3.97. The molecule has 1 N–H and O–H groups in total. The van der Waals surface area contributed by atoms with Gasteiger partial charge in [-0.15, -0.1) is 0 Å². The monoisotopic (exact) mass is 459 g/mol. The fourth-order valence-electron chi connectivity index (χ4n) is 4.23. The number of nitrogens with zero attached hydrogens (tertiary/aromatic N) is 1. The number of pyridine rings is 1. The quantitative estimate of drug-likeness (QED) is 0.449. The average molecular weight is 459 g/mol. The summed E-state index contributed by atoms with van der Waals surface area (Å²) in [4.78, 5) is 13.4. The number of aliphatic hydroxyl groups excluding tert-OH is 1. The van der Waals surface area contributed by atoms with E-state index in [2.05, 4.69) is 0 Å². The van der Waals surface area contributed by atoms with Crippen LogP contribution in [-0.4, -0.2) is 30.2 Å². The lowest BCUT2D eigenvalue weighted by atomic mass is 9.98. The molecule has 7 heteroatoms. The average Bonchev–Trinajstić information content (AvgIpc) is 3.32. The number of hydrogen-bond donors (Lipinski definition) is 1. The fraction of sp³-hybridized carbons (Fsp3) is 0.222. The first-order valence-electron chi connectivity index (χ1n) is 11.0. The van der Waals surface area contributed by atoms with E-state index in [1.54, 1.807) is 24.8 Å². The first-order chi connectivity index (χ1) is 16.6. The number of aromatic nitrogens is 1. The molecule has 7 nitrogen and oxygen atoms in total. The highest BCUT2D eigenvalue weighted by Gasteiger charge is 2.21. The summed E-state index contributed by atoms with van der Waals surface area (Å²) in [5, 5.41) is 10.9. The molecule has 0 saturated heterocycles. The standard InChI is InChI=1S/C27H25NO6/c1-28-22(20-13-26-24(33-16-34-26)11-18(20)8-9-29)10-19-12-23(31-2)25(14-21(19)27(28)30)32-15-17-6-4-3-5-7-17/h3-7,10-14,29H,8-9,15-16H2,1-2H3. The van der Waals surface area contributed by atoms with E-state index in [-0.39, 0.29) is 19.0 Å². The molecule has 1 aliphatic heterocycles. The van der Waals surface area contributed by atoms with E-state index in [1.165, 1.54) is 0 Å². The van der Waals surface area contributed by atoms with Crippen molar-refractivity contribution in [3.8, 4) is 34.3 Å². The minimum Gasteiger partial charge on any atom is -0.493 e. The maximum absolute atomic E-state index is 13.4. The maximum atomic E-state index is 13.4. The van der Waals surface area contributed by atoms with Crippen molar-refractivity contribution in [2.45, 2.75) is 13.0 Å². The molecule has 0 fully saturated rings. The molecular formula is C27H25NO6. The van der Waals surface area contributed by atoms with Crippen LogP contribution in [0.3, 0.4) is 0 Å². The van der Waals surface area contributed by atoms with Gasteiger partial charge in [0.15, 0.2) is 23.0 Å². The summed E-state index contributed by atoms with van der Waals surface area (Å²) in [6.07, 6.45) is 0.424. The third-order valence-corrected chi connectivity index (χ3v) is 6.02. The van der Waals surface area contributed by atoms with Crippen molar-refractivity contribution in [3.63, 3.8) is 0 Å². The van der Waals surface area contributed by atoms with Crippen LogP contribution in [0.15, 0.2) is 65.5 Å². The zero-order chi connectivity index (χ0) is 23.7. The van der Waals surface area contributed by atoms with E-state index in [9.17, 15) is 9.90 Å². The zero-order valence-corrected chi connectivity index (χ0v) is 19.0. The van der Waals surface area contributed by atoms with Crippen LogP contribution in [0.4, 0.5) is 0 Å². The van der Waals surface area contributed by atoms with Gasteiger partial charge in [-0.1, -0.05) is 30.3 Å². The topological polar surface area (TPSA) is 79.2 Å². The number of methoxy groups -OCH3 is 1. The number of ether oxygens (including phenoxy) is 4. The normalized spacial score (nSPS) is 12.2. The lowest BCUT2D eigenvalue weighted by Gasteiger charge is -2.17. The van der Waals surface area contributed by atoms with E-state index in [0.29, 0.717) is 47.1 Å². The largest absolute Gasteiger partial charge is 0.493 e. The molecule has 0 bridgehead atoms. The Morgan fingerprint density at radius 2 is 1.76 bits per heavy atom. The van der Waals surface area contributed by atoms with Gasteiger partial charge in [0.05, 0.1) is 18.2 Å². The van der Waals surface area contributed by atoms with E-state index in [1.807, 2.05) is 54.6 Å². The molecular weight excluding hydrogens is 434 g/mol. The lowest BCUT2D eigenvalue weighted by molar-refractivity contribution is 0.174. The van der Waals surface area contributed by atoms with Gasteiger partial charge >= 0.3 is 0 Å². The molecule has 1 aliphatic rings. The fourth-order valence-corrected chi connectivity index (χ4v) is 4.23. The van der Waals surface area contributed by atoms with Gasteiger partial charge in [-0.2, -0.15) is 0 Å². The van der Waals surface area contributed by atoms with Gasteiger partial charge in [-0.25, -0.2) is 0 Å². The van der Waals surface area contributed by atoms with Crippen molar-refractivity contribution >= 4 is 10.8 Å². The van der Waals surface area contributed by atoms with Crippen molar-refractivity contribution in [1.82, 2.24) is 4.57 Å². The molecule has 2 heterocycles. The minimum atomic E-state index is -0.160. The van der Waals surface area contributed by atoms with E-state index >= 15 is 0 Å². The summed E-state index contributed by atoms with van der Waals surface area (Å²) in [6, 6.07) is 19.0. The van der Waals surface area contributed by atoms with E-state index in [0.717, 1.165) is 22.1 Å². The third-order valence-electron chi connectivity index (χ3n) is 6.02. The summed E-state index contributed by atoms with van der Waals surface area (Å²) in [5.74, 6) is 2.31. The number of fused-ring (bicyclic) bond motifs is 2. The predicted octanol–water partition coefficient (Wildman–Crippen LogP) is 4.06. The number of rotatable bonds is 7. The second kappa shape index (κ2) is 9.11. The van der Waals surface area contributed by atoms with Gasteiger partial charge in [-0.3, -0.25) is 4.79 Å². The first kappa shape index (κ1) is 21.9. The molecule has 3 aromatic carbocycles. The minimum absolute atomic E-state index is 0.0237. The molecule has 1 aromatic heterocycles. The second-order valence-corrected chi connectivity index (χ2v) is 8.09. The Morgan fingerprint density at radius 1 is 1.00 bits per heavy atom. The third kappa shape index (κ3) is 3.95. The molecule has 0 spiro atoms. The number of benzene rings is 3. The van der Waals surface area contributed by atoms with Crippen LogP contribution in [0.1, 0.15) is 11.1 Å². The molecule has 0 unspecified atom stereocenters. The molecule has 0 atom stereocenters. The van der Waals surface area contributed by atoms with E-state index < -0.39 is 0 Å². The molecule has 0 radical (unpaired) electrons. The van der Waals surface area contributed by atoms with Crippen LogP contribution in [0, 0.1) is 0 Å². The highest BCUT2D eigenvalue weighted by molar-refractivity contribution is 5.89. The van der Waals surface area contributed by atoms with Gasteiger partial charge in [0.2, 0.25) is 6.79 Å². The summed E-state index contributed by atoms with van der Waals surface area (Å²) in [6.45, 7) is 0.490. The Morgan fingerprint density at radius 3 is 2.50 bits per heavy atom. The molecule has 0 saturated carbocycles. The summed E-state index contributed by atoms with van der Waals surface area (Å²) in [7, 11) is 3.31. The Balaban J connectivity index is 1.61. The van der Waals surface area contributed by atoms with Gasteiger partial charge < -0.3 is 28.6 Å². The SMILES string of the molecule is COc1cc2cc(-c3cc4c(cc3CCO)OCO4)n(C)c(=O)c2cc1OCc1ccccc1. The lowest BCUT2D eigenvalue weighted by Crippen LogP contribution is -2.19. The Bertz CT molecular complexity index is 1410. The van der Waals surface area contributed by atoms with Crippen LogP contribution < -0.4 is 24.5 Å². The van der Waals surface area contributed by atoms with Crippen LogP contribution >= 0.6 is 0 Å². The number of aliphatic hydroxyl groups is 1. The number of hydrogen-bond acceptors (Lipinski definition) is 6. The predicted molar refractivity (Wildman–Crippen MR) is 129 cm³/mol. The molecule has 174 valence electrons. The zero-order valence-electron chi connectivity index (χ0n) is 19.0. The van der Waals surface area contributed by atoms with Gasteiger partial charge in [0.1, 0.15) is 6.61 Å². The summed E-state index contributed by atoms with van der Waals surface area (Å²) < 4.78 is 24.2. The second-order valence-electron chi connectivity index (χ2n) is 8.09. The van der Waals surface area contributed by atoms with Crippen molar-refractivity contribution < 1.29 is 24.1 Å². The van der Waals surface area contributed by atoms with Crippen LogP contribution in [0.2, 0.25) is 0 Å². The van der Waals surface area contributed by atoms with Crippen molar-refractivity contribution in [2.75, 3.05) is 20.5 Å². The molecule has 34 heavy (non-hydrogen) atoms. The molecule has 5 rings (SSSR count). The first-order valence-corrected chi connectivity index (χ1v) is 11.0. The van der Waals surface area contributed by atoms with Gasteiger partial charge in [-0.05, 0) is 53.3 Å². The van der Waals surface area contributed by atoms with Crippen molar-refractivity contribution in [1.29, 1.82) is 0 Å². The van der Waals surface area contributed by atoms with Crippen molar-refractivity contribution in [2.24, 2.45) is 7.05 Å². The summed E-state index contributed by atoms with van der Waals surface area (Å²) >= 11 is 0. The van der Waals surface area contributed by atoms with Crippen molar-refractivity contribution in [3.05, 3.63) is 82.1 Å². The highest BCUT2D eigenvalue weighted by Crippen LogP contribution is 2.40. The van der Waals surface area contributed by atoms with Crippen LogP contribution in [0.5, 0.6) is 23.0 Å². The Labute approximate surface area is 196 Å². The Kier molecular flexibility index (Phi) is 5.86. The molecule has 4 aromatic rings. The highest BCUT2D eigenvalue weighted by atomic mass is 16.7.